The maximum atomic E-state index is 14.0. The van der Waals surface area contributed by atoms with Crippen LogP contribution in [-0.4, -0.2) is 47.6 Å². The molecule has 0 aromatic carbocycles. The van der Waals surface area contributed by atoms with Gasteiger partial charge in [0.2, 0.25) is 0 Å². The molecule has 1 aliphatic rings. The van der Waals surface area contributed by atoms with Gasteiger partial charge in [-0.3, -0.25) is 4.98 Å². The number of aliphatic hydroxyl groups is 1. The molecule has 1 fully saturated rings. The third kappa shape index (κ3) is 3.77. The largest absolute Gasteiger partial charge is 0.444 e. The van der Waals surface area contributed by atoms with Gasteiger partial charge in [-0.1, -0.05) is 5.46 Å². The van der Waals surface area contributed by atoms with Crippen molar-refractivity contribution in [3.05, 3.63) is 23.8 Å². The number of halogens is 1. The lowest BCUT2D eigenvalue weighted by Crippen LogP contribution is -2.47. The first-order chi connectivity index (χ1) is 10.1. The first-order valence-electron chi connectivity index (χ1n) is 7.44. The monoisotopic (exact) mass is 308 g/mol. The van der Waals surface area contributed by atoms with Crippen LogP contribution in [-0.2, 0) is 10.3 Å². The molecule has 1 aromatic heterocycles. The summed E-state index contributed by atoms with van der Waals surface area (Å²) < 4.78 is 19.3. The molecule has 1 amide bonds. The summed E-state index contributed by atoms with van der Waals surface area (Å²) in [5, 5.41) is 10.7. The molecule has 0 spiro atoms. The molecular formula is C15H22BFN2O3. The van der Waals surface area contributed by atoms with Crippen LogP contribution in [0.3, 0.4) is 0 Å². The van der Waals surface area contributed by atoms with E-state index in [0.29, 0.717) is 18.6 Å². The minimum atomic E-state index is -1.34. The summed E-state index contributed by atoms with van der Waals surface area (Å²) in [6, 6.07) is 1.36. The van der Waals surface area contributed by atoms with Crippen LogP contribution in [0, 0.1) is 5.82 Å². The van der Waals surface area contributed by atoms with Gasteiger partial charge < -0.3 is 14.7 Å². The molecule has 2 rings (SSSR count). The fraction of sp³-hybridized carbons (Fsp3) is 0.600. The van der Waals surface area contributed by atoms with Crippen molar-refractivity contribution in [3.8, 4) is 0 Å². The van der Waals surface area contributed by atoms with Crippen LogP contribution in [0.1, 0.15) is 39.3 Å². The van der Waals surface area contributed by atoms with Crippen LogP contribution in [0.25, 0.3) is 0 Å². The predicted octanol–water partition coefficient (Wildman–Crippen LogP) is 0.698. The van der Waals surface area contributed by atoms with Crippen LogP contribution in [0.15, 0.2) is 12.3 Å². The molecule has 0 aliphatic carbocycles. The Morgan fingerprint density at radius 2 is 2.05 bits per heavy atom. The second kappa shape index (κ2) is 5.87. The number of likely N-dealkylation sites (tertiary alicyclic amines) is 1. The van der Waals surface area contributed by atoms with Gasteiger partial charge in [-0.15, -0.1) is 0 Å². The van der Waals surface area contributed by atoms with E-state index >= 15 is 0 Å². The van der Waals surface area contributed by atoms with Crippen molar-refractivity contribution in [1.82, 2.24) is 9.88 Å². The quantitative estimate of drug-likeness (QED) is 0.776. The van der Waals surface area contributed by atoms with Crippen molar-refractivity contribution < 1.29 is 19.0 Å². The molecule has 0 unspecified atom stereocenters. The average Bonchev–Trinajstić information content (AvgIpc) is 2.36. The Bertz CT molecular complexity index is 566. The van der Waals surface area contributed by atoms with Gasteiger partial charge >= 0.3 is 6.09 Å². The predicted molar refractivity (Wildman–Crippen MR) is 83.3 cm³/mol. The van der Waals surface area contributed by atoms with Gasteiger partial charge in [0.15, 0.2) is 0 Å². The molecule has 2 heterocycles. The summed E-state index contributed by atoms with van der Waals surface area (Å²) in [7, 11) is 1.75. The van der Waals surface area contributed by atoms with E-state index in [1.807, 2.05) is 0 Å². The molecule has 7 heteroatoms. The minimum Gasteiger partial charge on any atom is -0.444 e. The van der Waals surface area contributed by atoms with Gasteiger partial charge in [-0.05, 0) is 39.7 Å². The SMILES string of the molecule is Bc1cnc(C2(O)CCN(C(=O)OC(C)(C)C)CC2)c(F)c1. The Labute approximate surface area is 130 Å². The summed E-state index contributed by atoms with van der Waals surface area (Å²) in [5.74, 6) is -0.506. The number of piperidine rings is 1. The molecule has 0 radical (unpaired) electrons. The van der Waals surface area contributed by atoms with E-state index in [1.54, 1.807) is 28.6 Å². The fourth-order valence-electron chi connectivity index (χ4n) is 2.50. The highest BCUT2D eigenvalue weighted by Crippen LogP contribution is 2.33. The van der Waals surface area contributed by atoms with Gasteiger partial charge in [-0.2, -0.15) is 0 Å². The molecular weight excluding hydrogens is 286 g/mol. The standard InChI is InChI=1S/C15H22BFN2O3/c1-14(2,3)22-13(20)19-6-4-15(21,5-7-19)12-11(17)8-10(16)9-18-12/h8-9,21H,4-7,16H2,1-3H3. The number of carbonyl (C=O) groups excluding carboxylic acids is 1. The zero-order valence-corrected chi connectivity index (χ0v) is 13.5. The Balaban J connectivity index is 2.06. The molecule has 0 bridgehead atoms. The molecule has 5 nitrogen and oxygen atoms in total. The fourth-order valence-corrected chi connectivity index (χ4v) is 2.50. The van der Waals surface area contributed by atoms with Crippen LogP contribution in [0.5, 0.6) is 0 Å². The van der Waals surface area contributed by atoms with Crippen molar-refractivity contribution in [2.75, 3.05) is 13.1 Å². The molecule has 1 saturated heterocycles. The van der Waals surface area contributed by atoms with E-state index < -0.39 is 23.1 Å². The van der Waals surface area contributed by atoms with Gasteiger partial charge in [0.1, 0.15) is 30.6 Å². The number of carbonyl (C=O) groups is 1. The van der Waals surface area contributed by atoms with Crippen molar-refractivity contribution in [3.63, 3.8) is 0 Å². The Morgan fingerprint density at radius 3 is 2.55 bits per heavy atom. The summed E-state index contributed by atoms with van der Waals surface area (Å²) in [4.78, 5) is 17.6. The second-order valence-electron chi connectivity index (χ2n) is 6.84. The Hall–Kier alpha value is -1.63. The van der Waals surface area contributed by atoms with Crippen molar-refractivity contribution in [1.29, 1.82) is 0 Å². The number of rotatable bonds is 1. The molecule has 0 saturated carbocycles. The lowest BCUT2D eigenvalue weighted by Gasteiger charge is -2.38. The number of nitrogens with zero attached hydrogens (tertiary/aromatic N) is 2. The van der Waals surface area contributed by atoms with Crippen LogP contribution in [0.4, 0.5) is 9.18 Å². The second-order valence-corrected chi connectivity index (χ2v) is 6.84. The number of ether oxygens (including phenoxy) is 1. The minimum absolute atomic E-state index is 0.0574. The van der Waals surface area contributed by atoms with Crippen molar-refractivity contribution in [2.45, 2.75) is 44.8 Å². The topological polar surface area (TPSA) is 62.7 Å². The highest BCUT2D eigenvalue weighted by molar-refractivity contribution is 6.32. The lowest BCUT2D eigenvalue weighted by molar-refractivity contribution is -0.0401. The molecule has 120 valence electrons. The van der Waals surface area contributed by atoms with Gasteiger partial charge in [0.25, 0.3) is 0 Å². The normalized spacial score (nSPS) is 18.1. The molecule has 1 aliphatic heterocycles. The van der Waals surface area contributed by atoms with Gasteiger partial charge in [0.05, 0.1) is 0 Å². The number of hydrogen-bond donors (Lipinski definition) is 1. The molecule has 1 aromatic rings. The van der Waals surface area contributed by atoms with Crippen molar-refractivity contribution in [2.24, 2.45) is 0 Å². The zero-order chi connectivity index (χ0) is 16.5. The van der Waals surface area contributed by atoms with E-state index in [1.165, 1.54) is 17.2 Å². The lowest BCUT2D eigenvalue weighted by atomic mass is 9.86. The van der Waals surface area contributed by atoms with Gasteiger partial charge in [0, 0.05) is 19.3 Å². The summed E-state index contributed by atoms with van der Waals surface area (Å²) in [5.41, 5.74) is -1.14. The van der Waals surface area contributed by atoms with Crippen LogP contribution >= 0.6 is 0 Å². The Kier molecular flexibility index (Phi) is 4.47. The third-order valence-corrected chi connectivity index (χ3v) is 3.66. The van der Waals surface area contributed by atoms with E-state index in [-0.39, 0.29) is 18.5 Å². The van der Waals surface area contributed by atoms with Crippen LogP contribution in [0.2, 0.25) is 0 Å². The smallest absolute Gasteiger partial charge is 0.410 e. The van der Waals surface area contributed by atoms with E-state index in [4.69, 9.17) is 4.74 Å². The first kappa shape index (κ1) is 16.7. The number of pyridine rings is 1. The number of hydrogen-bond acceptors (Lipinski definition) is 4. The van der Waals surface area contributed by atoms with Crippen molar-refractivity contribution >= 4 is 19.4 Å². The maximum Gasteiger partial charge on any atom is 0.410 e. The summed E-state index contributed by atoms with van der Waals surface area (Å²) >= 11 is 0. The highest BCUT2D eigenvalue weighted by atomic mass is 19.1. The molecule has 0 atom stereocenters. The Morgan fingerprint density at radius 1 is 1.45 bits per heavy atom. The third-order valence-electron chi connectivity index (χ3n) is 3.66. The molecule has 22 heavy (non-hydrogen) atoms. The van der Waals surface area contributed by atoms with E-state index in [9.17, 15) is 14.3 Å². The highest BCUT2D eigenvalue weighted by Gasteiger charge is 2.39. The van der Waals surface area contributed by atoms with Crippen LogP contribution < -0.4 is 5.46 Å². The van der Waals surface area contributed by atoms with E-state index in [2.05, 4.69) is 4.98 Å². The molecule has 1 N–H and O–H groups in total. The maximum absolute atomic E-state index is 14.0. The number of aromatic nitrogens is 1. The zero-order valence-electron chi connectivity index (χ0n) is 13.5. The summed E-state index contributed by atoms with van der Waals surface area (Å²) in [6.45, 7) is 6.02. The number of amides is 1. The van der Waals surface area contributed by atoms with Gasteiger partial charge in [-0.25, -0.2) is 9.18 Å². The summed E-state index contributed by atoms with van der Waals surface area (Å²) in [6.07, 6.45) is 1.60. The first-order valence-corrected chi connectivity index (χ1v) is 7.44. The average molecular weight is 308 g/mol. The van der Waals surface area contributed by atoms with E-state index in [0.717, 1.165) is 0 Å².